The van der Waals surface area contributed by atoms with Gasteiger partial charge >= 0.3 is 0 Å². The summed E-state index contributed by atoms with van der Waals surface area (Å²) in [6, 6.07) is 0. The van der Waals surface area contributed by atoms with Crippen molar-refractivity contribution in [2.24, 2.45) is 52.3 Å². The lowest BCUT2D eigenvalue weighted by molar-refractivity contribution is -0.116. The smallest absolute Gasteiger partial charge is 0.155 e. The molecule has 0 amide bonds. The molecule has 0 aromatic carbocycles. The van der Waals surface area contributed by atoms with E-state index in [1.54, 1.807) is 12.0 Å². The second-order valence-corrected chi connectivity index (χ2v) is 11.1. The number of carbonyl (C=O) groups is 1. The van der Waals surface area contributed by atoms with Crippen molar-refractivity contribution >= 4 is 5.78 Å². The van der Waals surface area contributed by atoms with Gasteiger partial charge in [0.2, 0.25) is 0 Å². The third-order valence-electron chi connectivity index (χ3n) is 10.5. The van der Waals surface area contributed by atoms with Gasteiger partial charge in [0.05, 0.1) is 0 Å². The largest absolute Gasteiger partial charge is 0.295 e. The number of hydrogen-bond donors (Lipinski definition) is 0. The zero-order valence-electron chi connectivity index (χ0n) is 16.8. The maximum atomic E-state index is 12.2. The maximum absolute atomic E-state index is 12.2. The van der Waals surface area contributed by atoms with E-state index in [2.05, 4.69) is 19.9 Å². The Bertz CT molecular complexity index is 670. The third kappa shape index (κ3) is 1.91. The van der Waals surface area contributed by atoms with Gasteiger partial charge in [0.1, 0.15) is 0 Å². The van der Waals surface area contributed by atoms with Crippen molar-refractivity contribution in [2.75, 3.05) is 0 Å². The lowest BCUT2D eigenvalue weighted by atomic mass is 9.46. The van der Waals surface area contributed by atoms with Crippen LogP contribution in [0.1, 0.15) is 84.5 Å². The van der Waals surface area contributed by atoms with E-state index < -0.39 is 0 Å². The van der Waals surface area contributed by atoms with Crippen LogP contribution in [0.4, 0.5) is 0 Å². The fourth-order valence-electron chi connectivity index (χ4n) is 9.50. The minimum Gasteiger partial charge on any atom is -0.295 e. The molecular formula is C25H36O. The second kappa shape index (κ2) is 5.26. The van der Waals surface area contributed by atoms with Crippen LogP contribution < -0.4 is 0 Å². The molecule has 1 nitrogen and oxygen atoms in total. The molecule has 8 atom stereocenters. The summed E-state index contributed by atoms with van der Waals surface area (Å²) in [5, 5.41) is 0. The Morgan fingerprint density at radius 1 is 1.04 bits per heavy atom. The number of fused-ring (bicyclic) bond motifs is 8. The summed E-state index contributed by atoms with van der Waals surface area (Å²) in [6.07, 6.45) is 17.3. The standard InChI is InChI=1S/C25H36O/c1-3-5-21-18-13-19(18)23-20-14-24(10-11-24)22-12-15(26)6-7-17(22)16(20)8-9-25(21,23)4-2/h12,16-21,23H,3-11,13-14H2,1-2H3/t16?,17?,18?,19?,20?,21-,23?,25?/m1/s1. The summed E-state index contributed by atoms with van der Waals surface area (Å²) in [4.78, 5) is 12.2. The second-order valence-electron chi connectivity index (χ2n) is 11.1. The van der Waals surface area contributed by atoms with Gasteiger partial charge < -0.3 is 0 Å². The van der Waals surface area contributed by atoms with E-state index >= 15 is 0 Å². The first kappa shape index (κ1) is 16.4. The first-order valence-electron chi connectivity index (χ1n) is 11.9. The van der Waals surface area contributed by atoms with E-state index in [-0.39, 0.29) is 0 Å². The highest BCUT2D eigenvalue weighted by atomic mass is 16.1. The number of hydrogen-bond acceptors (Lipinski definition) is 1. The normalized spacial score (nSPS) is 52.6. The van der Waals surface area contributed by atoms with E-state index in [9.17, 15) is 4.79 Å². The molecule has 6 aliphatic carbocycles. The molecule has 0 heterocycles. The van der Waals surface area contributed by atoms with Crippen LogP contribution in [0.5, 0.6) is 0 Å². The molecule has 5 saturated carbocycles. The Morgan fingerprint density at radius 2 is 1.88 bits per heavy atom. The van der Waals surface area contributed by atoms with E-state index in [1.807, 2.05) is 0 Å². The van der Waals surface area contributed by atoms with E-state index in [4.69, 9.17) is 0 Å². The van der Waals surface area contributed by atoms with Crippen LogP contribution in [0.2, 0.25) is 0 Å². The van der Waals surface area contributed by atoms with Gasteiger partial charge in [-0.2, -0.15) is 0 Å². The molecule has 5 fully saturated rings. The Hall–Kier alpha value is -0.590. The molecular weight excluding hydrogens is 316 g/mol. The Balaban J connectivity index is 1.39. The third-order valence-corrected chi connectivity index (χ3v) is 10.5. The lowest BCUT2D eigenvalue weighted by Crippen LogP contribution is -2.51. The minimum absolute atomic E-state index is 0.436. The maximum Gasteiger partial charge on any atom is 0.155 e. The molecule has 0 bridgehead atoms. The summed E-state index contributed by atoms with van der Waals surface area (Å²) in [5.41, 5.74) is 2.84. The molecule has 0 aromatic rings. The Labute approximate surface area is 159 Å². The highest BCUT2D eigenvalue weighted by Gasteiger charge is 2.71. The number of allylic oxidation sites excluding steroid dienone is 1. The van der Waals surface area contributed by atoms with Crippen LogP contribution in [-0.4, -0.2) is 5.78 Å². The van der Waals surface area contributed by atoms with Crippen LogP contribution in [0.25, 0.3) is 0 Å². The zero-order valence-corrected chi connectivity index (χ0v) is 16.8. The van der Waals surface area contributed by atoms with Gasteiger partial charge in [0.15, 0.2) is 5.78 Å². The van der Waals surface area contributed by atoms with Crippen LogP contribution in [0, 0.1) is 52.3 Å². The SMILES string of the molecule is CCC[C@@H]1C2CC2C2C3CC4(CC4)C4=CC(=O)CCC4C3CCC21CC. The van der Waals surface area contributed by atoms with Crippen molar-refractivity contribution in [3.63, 3.8) is 0 Å². The lowest BCUT2D eigenvalue weighted by Gasteiger charge is -2.58. The molecule has 26 heavy (non-hydrogen) atoms. The van der Waals surface area contributed by atoms with Crippen LogP contribution in [0.15, 0.2) is 11.6 Å². The molecule has 142 valence electrons. The summed E-state index contributed by atoms with van der Waals surface area (Å²) in [5.74, 6) is 7.42. The van der Waals surface area contributed by atoms with E-state index in [1.165, 1.54) is 57.8 Å². The van der Waals surface area contributed by atoms with Crippen molar-refractivity contribution < 1.29 is 4.79 Å². The van der Waals surface area contributed by atoms with Gasteiger partial charge in [-0.05, 0) is 116 Å². The highest BCUT2D eigenvalue weighted by Crippen LogP contribution is 2.78. The van der Waals surface area contributed by atoms with Gasteiger partial charge in [-0.25, -0.2) is 0 Å². The van der Waals surface area contributed by atoms with Crippen molar-refractivity contribution in [1.82, 2.24) is 0 Å². The molecule has 7 unspecified atom stereocenters. The molecule has 1 heteroatoms. The quantitative estimate of drug-likeness (QED) is 0.592. The minimum atomic E-state index is 0.436. The summed E-state index contributed by atoms with van der Waals surface area (Å²) < 4.78 is 0. The van der Waals surface area contributed by atoms with Gasteiger partial charge in [-0.3, -0.25) is 4.79 Å². The van der Waals surface area contributed by atoms with E-state index in [0.29, 0.717) is 16.6 Å². The molecule has 0 radical (unpaired) electrons. The van der Waals surface area contributed by atoms with Crippen molar-refractivity contribution in [2.45, 2.75) is 84.5 Å². The molecule has 0 saturated heterocycles. The number of rotatable bonds is 3. The van der Waals surface area contributed by atoms with Crippen LogP contribution in [-0.2, 0) is 4.79 Å². The van der Waals surface area contributed by atoms with Crippen LogP contribution >= 0.6 is 0 Å². The number of ketones is 1. The first-order chi connectivity index (χ1) is 12.6. The summed E-state index contributed by atoms with van der Waals surface area (Å²) >= 11 is 0. The summed E-state index contributed by atoms with van der Waals surface area (Å²) in [7, 11) is 0. The average Bonchev–Trinajstić information content (AvgIpc) is 3.56. The van der Waals surface area contributed by atoms with Gasteiger partial charge in [0, 0.05) is 6.42 Å². The average molecular weight is 353 g/mol. The van der Waals surface area contributed by atoms with Gasteiger partial charge in [-0.15, -0.1) is 0 Å². The molecule has 1 spiro atoms. The topological polar surface area (TPSA) is 17.1 Å². The molecule has 0 N–H and O–H groups in total. The van der Waals surface area contributed by atoms with E-state index in [0.717, 1.165) is 47.8 Å². The number of carbonyl (C=O) groups excluding carboxylic acids is 1. The molecule has 6 rings (SSSR count). The Kier molecular flexibility index (Phi) is 3.31. The monoisotopic (exact) mass is 352 g/mol. The fraction of sp³-hybridized carbons (Fsp3) is 0.880. The summed E-state index contributed by atoms with van der Waals surface area (Å²) in [6.45, 7) is 4.94. The predicted molar refractivity (Wildman–Crippen MR) is 105 cm³/mol. The predicted octanol–water partition coefficient (Wildman–Crippen LogP) is 6.18. The van der Waals surface area contributed by atoms with Gasteiger partial charge in [0.25, 0.3) is 0 Å². The van der Waals surface area contributed by atoms with Crippen molar-refractivity contribution in [3.8, 4) is 0 Å². The Morgan fingerprint density at radius 3 is 2.62 bits per heavy atom. The highest BCUT2D eigenvalue weighted by molar-refractivity contribution is 5.91. The van der Waals surface area contributed by atoms with Crippen LogP contribution in [0.3, 0.4) is 0 Å². The molecule has 0 aromatic heterocycles. The fourth-order valence-corrected chi connectivity index (χ4v) is 9.50. The van der Waals surface area contributed by atoms with Crippen molar-refractivity contribution in [1.29, 1.82) is 0 Å². The van der Waals surface area contributed by atoms with Gasteiger partial charge in [-0.1, -0.05) is 25.8 Å². The molecule has 6 aliphatic rings. The first-order valence-corrected chi connectivity index (χ1v) is 11.9. The molecule has 0 aliphatic heterocycles. The van der Waals surface area contributed by atoms with Crippen molar-refractivity contribution in [3.05, 3.63) is 11.6 Å². The zero-order chi connectivity index (χ0) is 17.7.